The van der Waals surface area contributed by atoms with Crippen LogP contribution in [0.1, 0.15) is 63.4 Å². The van der Waals surface area contributed by atoms with Crippen molar-refractivity contribution in [2.24, 2.45) is 0 Å². The van der Waals surface area contributed by atoms with E-state index in [1.54, 1.807) is 45.0 Å². The maximum Gasteiger partial charge on any atom is 0.397 e. The summed E-state index contributed by atoms with van der Waals surface area (Å²) in [5.41, 5.74) is -2.70. The van der Waals surface area contributed by atoms with Crippen LogP contribution in [0.25, 0.3) is 10.5 Å². The quantitative estimate of drug-likeness (QED) is 0.178. The van der Waals surface area contributed by atoms with Crippen LogP contribution in [0.2, 0.25) is 10.0 Å². The number of aromatic amines is 1. The van der Waals surface area contributed by atoms with Crippen LogP contribution in [-0.4, -0.2) is 36.1 Å². The molecule has 0 spiro atoms. The Morgan fingerprint density at radius 2 is 1.72 bits per heavy atom. The van der Waals surface area contributed by atoms with Crippen molar-refractivity contribution in [1.82, 2.24) is 24.5 Å². The van der Waals surface area contributed by atoms with Gasteiger partial charge in [0.15, 0.2) is 5.75 Å². The Bertz CT molecular complexity index is 1950. The van der Waals surface area contributed by atoms with Gasteiger partial charge in [0.05, 0.1) is 22.3 Å². The number of aromatic nitrogens is 5. The Kier molecular flexibility index (Phi) is 10.5. The summed E-state index contributed by atoms with van der Waals surface area (Å²) in [6, 6.07) is 11.3. The van der Waals surface area contributed by atoms with Gasteiger partial charge in [0.1, 0.15) is 12.3 Å². The average Bonchev–Trinajstić information content (AvgIpc) is 2.98. The Morgan fingerprint density at radius 1 is 1.07 bits per heavy atom. The second kappa shape index (κ2) is 14.1. The Morgan fingerprint density at radius 3 is 2.30 bits per heavy atom. The monoisotopic (exact) mass is 668 g/mol. The Hall–Kier alpha value is -4.77. The van der Waals surface area contributed by atoms with Gasteiger partial charge in [-0.15, -0.1) is 5.10 Å². The molecule has 15 heteroatoms. The lowest BCUT2D eigenvalue weighted by molar-refractivity contribution is -0.155. The molecule has 1 atom stereocenters. The molecule has 0 aliphatic carbocycles. The molecule has 4 aromatic rings. The molecule has 2 aromatic heterocycles. The number of hydrogen-bond donors (Lipinski definition) is 1. The zero-order chi connectivity index (χ0) is 33.8. The minimum atomic E-state index is -1.80. The normalized spacial score (nSPS) is 12.1. The second-order valence-corrected chi connectivity index (χ2v) is 12.1. The lowest BCUT2D eigenvalue weighted by atomic mass is 10.1. The summed E-state index contributed by atoms with van der Waals surface area (Å²) in [7, 11) is 0. The summed E-state index contributed by atoms with van der Waals surface area (Å²) >= 11 is 13.1. The van der Waals surface area contributed by atoms with Gasteiger partial charge in [-0.1, -0.05) is 67.4 Å². The first-order valence-electron chi connectivity index (χ1n) is 13.9. The molecule has 46 heavy (non-hydrogen) atoms. The Balaban J connectivity index is 1.80. The van der Waals surface area contributed by atoms with Crippen molar-refractivity contribution in [2.45, 2.75) is 65.5 Å². The van der Waals surface area contributed by atoms with Crippen LogP contribution in [-0.2, 0) is 27.6 Å². The van der Waals surface area contributed by atoms with E-state index >= 15 is 0 Å². The van der Waals surface area contributed by atoms with E-state index in [1.807, 2.05) is 19.9 Å². The van der Waals surface area contributed by atoms with Crippen LogP contribution in [0.4, 0.5) is 0 Å². The highest BCUT2D eigenvalue weighted by atomic mass is 35.5. The highest BCUT2D eigenvalue weighted by molar-refractivity contribution is 6.37. The molecule has 4 rings (SSSR count). The fourth-order valence-electron chi connectivity index (χ4n) is 4.15. The molecule has 0 aliphatic rings. The standard InChI is InChI=1S/C31H30Cl2N6O7/c1-17(2)20-14-23(35-36-27(20)40)45-26-21(32)12-19(13-22(26)33)39-30(43)38(16-44-15-18-10-8-7-9-11-18)28(41)24(37-39)25(34-6)29(42)46-31(3,4)5/h7-14,17,25H,15-16H2,1-5H3,(H,36,40). The average molecular weight is 670 g/mol. The van der Waals surface area contributed by atoms with E-state index in [0.29, 0.717) is 10.1 Å². The van der Waals surface area contributed by atoms with Crippen LogP contribution in [0.3, 0.4) is 0 Å². The Labute approximate surface area is 273 Å². The smallest absolute Gasteiger partial charge is 0.397 e. The summed E-state index contributed by atoms with van der Waals surface area (Å²) in [4.78, 5) is 55.5. The number of rotatable bonds is 10. The molecule has 240 valence electrons. The molecule has 0 radical (unpaired) electrons. The first kappa shape index (κ1) is 34.1. The molecule has 0 saturated carbocycles. The van der Waals surface area contributed by atoms with Crippen LogP contribution >= 0.6 is 23.2 Å². The zero-order valence-corrected chi connectivity index (χ0v) is 27.0. The fourth-order valence-corrected chi connectivity index (χ4v) is 4.70. The maximum absolute atomic E-state index is 13.7. The molecule has 0 amide bonds. The first-order valence-corrected chi connectivity index (χ1v) is 14.7. The number of halogens is 2. The van der Waals surface area contributed by atoms with Crippen LogP contribution in [0.15, 0.2) is 62.9 Å². The maximum atomic E-state index is 13.7. The van der Waals surface area contributed by atoms with E-state index in [1.165, 1.54) is 18.2 Å². The van der Waals surface area contributed by atoms with E-state index in [4.69, 9.17) is 44.0 Å². The fraction of sp³-hybridized carbons (Fsp3) is 0.323. The van der Waals surface area contributed by atoms with Gasteiger partial charge >= 0.3 is 17.7 Å². The molecule has 1 unspecified atom stereocenters. The van der Waals surface area contributed by atoms with Crippen molar-refractivity contribution in [3.63, 3.8) is 0 Å². The SMILES string of the molecule is [C-]#[N+]C(C(=O)OC(C)(C)C)c1nn(-c2cc(Cl)c(Oc3cc(C(C)C)c(=O)[nH]n3)c(Cl)c2)c(=O)n(COCc2ccccc2)c1=O. The molecular formula is C31H30Cl2N6O7. The predicted molar refractivity (Wildman–Crippen MR) is 170 cm³/mol. The molecule has 1 N–H and O–H groups in total. The minimum Gasteiger partial charge on any atom is -0.454 e. The van der Waals surface area contributed by atoms with Crippen molar-refractivity contribution in [2.75, 3.05) is 0 Å². The van der Waals surface area contributed by atoms with Gasteiger partial charge in [-0.05, 0) is 44.4 Å². The second-order valence-electron chi connectivity index (χ2n) is 11.3. The van der Waals surface area contributed by atoms with E-state index in [0.717, 1.165) is 10.2 Å². The van der Waals surface area contributed by atoms with E-state index in [2.05, 4.69) is 20.1 Å². The number of nitrogens with zero attached hydrogens (tertiary/aromatic N) is 5. The number of esters is 1. The van der Waals surface area contributed by atoms with Crippen LogP contribution in [0, 0.1) is 6.57 Å². The van der Waals surface area contributed by atoms with Crippen LogP contribution in [0.5, 0.6) is 11.6 Å². The summed E-state index contributed by atoms with van der Waals surface area (Å²) < 4.78 is 18.3. The highest BCUT2D eigenvalue weighted by Crippen LogP contribution is 2.37. The van der Waals surface area contributed by atoms with Crippen molar-refractivity contribution in [1.29, 1.82) is 0 Å². The number of nitrogens with one attached hydrogen (secondary N) is 1. The van der Waals surface area contributed by atoms with E-state index in [9.17, 15) is 19.2 Å². The number of H-pyrrole nitrogens is 1. The third kappa shape index (κ3) is 7.89. The number of carbonyl (C=O) groups is 1. The first-order chi connectivity index (χ1) is 21.7. The molecule has 2 aromatic carbocycles. The number of hydrogen-bond acceptors (Lipinski definition) is 9. The number of ether oxygens (including phenoxy) is 3. The predicted octanol–water partition coefficient (Wildman–Crippen LogP) is 5.18. The molecule has 0 bridgehead atoms. The van der Waals surface area contributed by atoms with E-state index in [-0.39, 0.29) is 45.4 Å². The van der Waals surface area contributed by atoms with Gasteiger partial charge in [-0.2, -0.15) is 9.78 Å². The van der Waals surface area contributed by atoms with Gasteiger partial charge in [0, 0.05) is 11.6 Å². The lowest BCUT2D eigenvalue weighted by Crippen LogP contribution is -2.44. The topological polar surface area (TPSA) is 152 Å². The summed E-state index contributed by atoms with van der Waals surface area (Å²) in [5.74, 6) is -1.18. The summed E-state index contributed by atoms with van der Waals surface area (Å²) in [6.07, 6.45) is 0. The summed E-state index contributed by atoms with van der Waals surface area (Å²) in [5, 5.41) is 10.2. The van der Waals surface area contributed by atoms with Crippen molar-refractivity contribution >= 4 is 29.2 Å². The molecule has 0 saturated heterocycles. The number of benzene rings is 2. The minimum absolute atomic E-state index is 0.0128. The largest absolute Gasteiger partial charge is 0.454 e. The van der Waals surface area contributed by atoms with Crippen molar-refractivity contribution < 1.29 is 19.0 Å². The molecule has 0 aliphatic heterocycles. The van der Waals surface area contributed by atoms with Gasteiger partial charge in [-0.25, -0.2) is 25.8 Å². The highest BCUT2D eigenvalue weighted by Gasteiger charge is 2.37. The summed E-state index contributed by atoms with van der Waals surface area (Å²) in [6.45, 7) is 15.7. The third-order valence-corrected chi connectivity index (χ3v) is 6.86. The molecule has 13 nitrogen and oxygen atoms in total. The lowest BCUT2D eigenvalue weighted by Gasteiger charge is -2.20. The van der Waals surface area contributed by atoms with Gasteiger partial charge in [-0.3, -0.25) is 14.4 Å². The van der Waals surface area contributed by atoms with Gasteiger partial charge < -0.3 is 14.2 Å². The number of carbonyl (C=O) groups excluding carboxylic acids is 1. The van der Waals surface area contributed by atoms with Crippen molar-refractivity contribution in [3.05, 3.63) is 118 Å². The van der Waals surface area contributed by atoms with Crippen molar-refractivity contribution in [3.8, 4) is 17.3 Å². The zero-order valence-electron chi connectivity index (χ0n) is 25.5. The molecular weight excluding hydrogens is 639 g/mol. The van der Waals surface area contributed by atoms with Crippen LogP contribution < -0.4 is 21.5 Å². The van der Waals surface area contributed by atoms with Gasteiger partial charge in [0.25, 0.3) is 11.1 Å². The van der Waals surface area contributed by atoms with E-state index < -0.39 is 41.3 Å². The molecule has 2 heterocycles. The van der Waals surface area contributed by atoms with Gasteiger partial charge in [0.2, 0.25) is 11.6 Å². The third-order valence-electron chi connectivity index (χ3n) is 6.30. The molecule has 0 fully saturated rings.